The molecule has 0 spiro atoms. The Morgan fingerprint density at radius 2 is 1.83 bits per heavy atom. The molecule has 0 aromatic heterocycles. The van der Waals surface area contributed by atoms with E-state index in [1.165, 1.54) is 7.05 Å². The number of likely N-dealkylation sites (N-methyl/N-ethyl adjacent to an activating group) is 1. The topological polar surface area (TPSA) is 86.8 Å². The SMILES string of the molecule is CN(CC(=O)NC(CN1CCCC1=O)c1ccccc1)S(=O)(=O)c1ccc(F)cc1. The molecular weight excluding hydrogens is 409 g/mol. The number of halogens is 1. The minimum Gasteiger partial charge on any atom is -0.346 e. The maximum Gasteiger partial charge on any atom is 0.243 e. The van der Waals surface area contributed by atoms with E-state index in [0.717, 1.165) is 40.6 Å². The van der Waals surface area contributed by atoms with E-state index in [9.17, 15) is 22.4 Å². The van der Waals surface area contributed by atoms with Gasteiger partial charge in [-0.25, -0.2) is 12.8 Å². The van der Waals surface area contributed by atoms with Gasteiger partial charge in [0.05, 0.1) is 17.5 Å². The van der Waals surface area contributed by atoms with Crippen LogP contribution in [-0.2, 0) is 19.6 Å². The summed E-state index contributed by atoms with van der Waals surface area (Å²) in [5, 5.41) is 2.85. The number of hydrogen-bond acceptors (Lipinski definition) is 4. The largest absolute Gasteiger partial charge is 0.346 e. The Balaban J connectivity index is 1.70. The molecule has 1 atom stereocenters. The van der Waals surface area contributed by atoms with Gasteiger partial charge in [0.15, 0.2) is 0 Å². The number of nitrogens with zero attached hydrogens (tertiary/aromatic N) is 2. The van der Waals surface area contributed by atoms with Crippen molar-refractivity contribution in [1.29, 1.82) is 0 Å². The zero-order valence-electron chi connectivity index (χ0n) is 16.6. The summed E-state index contributed by atoms with van der Waals surface area (Å²) in [7, 11) is -2.65. The van der Waals surface area contributed by atoms with Gasteiger partial charge in [-0.15, -0.1) is 0 Å². The molecule has 2 aromatic carbocycles. The second kappa shape index (κ2) is 9.36. The third-order valence-corrected chi connectivity index (χ3v) is 6.82. The fourth-order valence-electron chi connectivity index (χ4n) is 3.35. The number of sulfonamides is 1. The molecule has 0 bridgehead atoms. The quantitative estimate of drug-likeness (QED) is 0.689. The summed E-state index contributed by atoms with van der Waals surface area (Å²) in [4.78, 5) is 26.3. The Morgan fingerprint density at radius 3 is 2.43 bits per heavy atom. The third kappa shape index (κ3) is 5.22. The van der Waals surface area contributed by atoms with Gasteiger partial charge >= 0.3 is 0 Å². The van der Waals surface area contributed by atoms with Crippen molar-refractivity contribution in [3.05, 3.63) is 66.0 Å². The highest BCUT2D eigenvalue weighted by Crippen LogP contribution is 2.19. The molecule has 30 heavy (non-hydrogen) atoms. The molecule has 9 heteroatoms. The predicted octanol–water partition coefficient (Wildman–Crippen LogP) is 1.93. The number of rotatable bonds is 8. The maximum absolute atomic E-state index is 13.1. The fraction of sp³-hybridized carbons (Fsp3) is 0.333. The minimum atomic E-state index is -3.94. The van der Waals surface area contributed by atoms with Crippen LogP contribution < -0.4 is 5.32 Å². The van der Waals surface area contributed by atoms with Crippen LogP contribution in [0.2, 0.25) is 0 Å². The number of benzene rings is 2. The van der Waals surface area contributed by atoms with Gasteiger partial charge in [-0.2, -0.15) is 4.31 Å². The van der Waals surface area contributed by atoms with Crippen LogP contribution in [-0.4, -0.2) is 56.1 Å². The van der Waals surface area contributed by atoms with Gasteiger partial charge in [0.1, 0.15) is 5.82 Å². The first kappa shape index (κ1) is 21.9. The molecule has 3 rings (SSSR count). The van der Waals surface area contributed by atoms with Gasteiger partial charge in [0, 0.05) is 26.6 Å². The summed E-state index contributed by atoms with van der Waals surface area (Å²) < 4.78 is 39.3. The average molecular weight is 434 g/mol. The number of nitrogens with one attached hydrogen (secondary N) is 1. The van der Waals surface area contributed by atoms with E-state index in [1.54, 1.807) is 4.90 Å². The molecule has 1 heterocycles. The van der Waals surface area contributed by atoms with Crippen LogP contribution in [0.25, 0.3) is 0 Å². The first-order chi connectivity index (χ1) is 14.3. The van der Waals surface area contributed by atoms with Gasteiger partial charge in [-0.3, -0.25) is 9.59 Å². The first-order valence-electron chi connectivity index (χ1n) is 9.61. The molecule has 0 radical (unpaired) electrons. The van der Waals surface area contributed by atoms with Crippen molar-refractivity contribution in [2.75, 3.05) is 26.7 Å². The van der Waals surface area contributed by atoms with Crippen molar-refractivity contribution in [3.8, 4) is 0 Å². The lowest BCUT2D eigenvalue weighted by Crippen LogP contribution is -2.43. The Morgan fingerprint density at radius 1 is 1.17 bits per heavy atom. The Hall–Kier alpha value is -2.78. The van der Waals surface area contributed by atoms with E-state index in [1.807, 2.05) is 30.3 Å². The van der Waals surface area contributed by atoms with Crippen molar-refractivity contribution in [2.45, 2.75) is 23.8 Å². The molecule has 1 N–H and O–H groups in total. The van der Waals surface area contributed by atoms with Crippen LogP contribution in [0.3, 0.4) is 0 Å². The Bertz CT molecular complexity index is 997. The fourth-order valence-corrected chi connectivity index (χ4v) is 4.48. The van der Waals surface area contributed by atoms with E-state index in [2.05, 4.69) is 5.32 Å². The molecule has 1 fully saturated rings. The van der Waals surface area contributed by atoms with E-state index >= 15 is 0 Å². The van der Waals surface area contributed by atoms with Crippen LogP contribution in [0.5, 0.6) is 0 Å². The van der Waals surface area contributed by atoms with Crippen LogP contribution in [0.4, 0.5) is 4.39 Å². The second-order valence-corrected chi connectivity index (χ2v) is 9.23. The highest BCUT2D eigenvalue weighted by atomic mass is 32.2. The third-order valence-electron chi connectivity index (χ3n) is 5.00. The monoisotopic (exact) mass is 433 g/mol. The average Bonchev–Trinajstić information content (AvgIpc) is 3.13. The van der Waals surface area contributed by atoms with Crippen molar-refractivity contribution >= 4 is 21.8 Å². The summed E-state index contributed by atoms with van der Waals surface area (Å²) in [6.45, 7) is 0.552. The van der Waals surface area contributed by atoms with E-state index in [-0.39, 0.29) is 10.8 Å². The van der Waals surface area contributed by atoms with Crippen molar-refractivity contribution < 1.29 is 22.4 Å². The molecule has 1 unspecified atom stereocenters. The first-order valence-corrected chi connectivity index (χ1v) is 11.1. The normalized spacial score (nSPS) is 15.4. The maximum atomic E-state index is 13.1. The molecule has 7 nitrogen and oxygen atoms in total. The lowest BCUT2D eigenvalue weighted by molar-refractivity contribution is -0.129. The van der Waals surface area contributed by atoms with Gasteiger partial charge in [0.25, 0.3) is 0 Å². The standard InChI is InChI=1S/C21H24FN3O4S/c1-24(30(28,29)18-11-9-17(22)10-12-18)15-20(26)23-19(16-6-3-2-4-7-16)14-25-13-5-8-21(25)27/h2-4,6-7,9-12,19H,5,8,13-15H2,1H3,(H,23,26). The summed E-state index contributed by atoms with van der Waals surface area (Å²) in [6, 6.07) is 13.2. The highest BCUT2D eigenvalue weighted by molar-refractivity contribution is 7.89. The van der Waals surface area contributed by atoms with Crippen molar-refractivity contribution in [3.63, 3.8) is 0 Å². The predicted molar refractivity (Wildman–Crippen MR) is 109 cm³/mol. The molecular formula is C21H24FN3O4S. The van der Waals surface area contributed by atoms with E-state index in [0.29, 0.717) is 19.5 Å². The van der Waals surface area contributed by atoms with Gasteiger partial charge in [-0.1, -0.05) is 30.3 Å². The number of carbonyl (C=O) groups is 2. The van der Waals surface area contributed by atoms with Crippen LogP contribution in [0, 0.1) is 5.82 Å². The molecule has 1 saturated heterocycles. The molecule has 160 valence electrons. The van der Waals surface area contributed by atoms with E-state index in [4.69, 9.17) is 0 Å². The molecule has 0 aliphatic carbocycles. The summed E-state index contributed by atoms with van der Waals surface area (Å²) in [5.74, 6) is -0.999. The Labute approximate surface area is 175 Å². The highest BCUT2D eigenvalue weighted by Gasteiger charge is 2.27. The summed E-state index contributed by atoms with van der Waals surface area (Å²) in [6.07, 6.45) is 1.28. The number of likely N-dealkylation sites (tertiary alicyclic amines) is 1. The number of carbonyl (C=O) groups excluding carboxylic acids is 2. The van der Waals surface area contributed by atoms with Crippen LogP contribution in [0.1, 0.15) is 24.4 Å². The smallest absolute Gasteiger partial charge is 0.243 e. The molecule has 1 aliphatic rings. The van der Waals surface area contributed by atoms with Crippen LogP contribution in [0.15, 0.2) is 59.5 Å². The summed E-state index contributed by atoms with van der Waals surface area (Å²) in [5.41, 5.74) is 0.828. The van der Waals surface area contributed by atoms with Crippen LogP contribution >= 0.6 is 0 Å². The summed E-state index contributed by atoms with van der Waals surface area (Å²) >= 11 is 0. The minimum absolute atomic E-state index is 0.0428. The van der Waals surface area contributed by atoms with Crippen molar-refractivity contribution in [1.82, 2.24) is 14.5 Å². The zero-order valence-corrected chi connectivity index (χ0v) is 17.4. The Kier molecular flexibility index (Phi) is 6.84. The number of hydrogen-bond donors (Lipinski definition) is 1. The second-order valence-electron chi connectivity index (χ2n) is 7.19. The number of amides is 2. The molecule has 2 amide bonds. The lowest BCUT2D eigenvalue weighted by atomic mass is 10.1. The van der Waals surface area contributed by atoms with Crippen molar-refractivity contribution in [2.24, 2.45) is 0 Å². The van der Waals surface area contributed by atoms with Gasteiger partial charge in [0.2, 0.25) is 21.8 Å². The van der Waals surface area contributed by atoms with E-state index < -0.39 is 34.3 Å². The van der Waals surface area contributed by atoms with Gasteiger partial charge in [-0.05, 0) is 36.2 Å². The van der Waals surface area contributed by atoms with Gasteiger partial charge < -0.3 is 10.2 Å². The molecule has 2 aromatic rings. The zero-order chi connectivity index (χ0) is 21.7. The molecule has 0 saturated carbocycles. The lowest BCUT2D eigenvalue weighted by Gasteiger charge is -2.26. The molecule has 1 aliphatic heterocycles.